The van der Waals surface area contributed by atoms with E-state index < -0.39 is 0 Å². The van der Waals surface area contributed by atoms with Crippen LogP contribution >= 0.6 is 0 Å². The summed E-state index contributed by atoms with van der Waals surface area (Å²) >= 11 is 0. The van der Waals surface area contributed by atoms with Crippen LogP contribution < -0.4 is 0 Å². The summed E-state index contributed by atoms with van der Waals surface area (Å²) < 4.78 is 0. The van der Waals surface area contributed by atoms with Gasteiger partial charge >= 0.3 is 0 Å². The lowest BCUT2D eigenvalue weighted by Gasteiger charge is -2.28. The van der Waals surface area contributed by atoms with Crippen molar-refractivity contribution in [3.63, 3.8) is 0 Å². The molecule has 0 bridgehead atoms. The second-order valence-electron chi connectivity index (χ2n) is 4.44. The smallest absolute Gasteiger partial charge is 0.0734 e. The zero-order valence-electron chi connectivity index (χ0n) is 9.76. The highest BCUT2D eigenvalue weighted by atomic mass is 16.3. The van der Waals surface area contributed by atoms with Crippen molar-refractivity contribution in [1.82, 2.24) is 4.90 Å². The zero-order chi connectivity index (χ0) is 11.4. The number of hydrogen-bond acceptors (Lipinski definition) is 2. The second kappa shape index (κ2) is 5.28. The fraction of sp³-hybridized carbons (Fsp3) is 0.429. The maximum atomic E-state index is 9.57. The Morgan fingerprint density at radius 2 is 2.06 bits per heavy atom. The van der Waals surface area contributed by atoms with E-state index in [1.165, 1.54) is 5.56 Å². The van der Waals surface area contributed by atoms with Gasteiger partial charge in [-0.05, 0) is 24.5 Å². The molecule has 0 aromatic heterocycles. The van der Waals surface area contributed by atoms with Gasteiger partial charge in [-0.25, -0.2) is 0 Å². The molecule has 0 saturated carbocycles. The van der Waals surface area contributed by atoms with Gasteiger partial charge in [-0.15, -0.1) is 0 Å². The van der Waals surface area contributed by atoms with Gasteiger partial charge in [-0.1, -0.05) is 36.4 Å². The van der Waals surface area contributed by atoms with E-state index in [1.807, 2.05) is 13.0 Å². The fourth-order valence-electron chi connectivity index (χ4n) is 2.11. The Labute approximate surface area is 97.2 Å². The lowest BCUT2D eigenvalue weighted by Crippen LogP contribution is -2.32. The van der Waals surface area contributed by atoms with E-state index in [1.54, 1.807) is 0 Å². The van der Waals surface area contributed by atoms with Gasteiger partial charge in [0.15, 0.2) is 0 Å². The Kier molecular flexibility index (Phi) is 3.75. The van der Waals surface area contributed by atoms with Gasteiger partial charge in [0.05, 0.1) is 6.10 Å². The van der Waals surface area contributed by atoms with Crippen molar-refractivity contribution in [3.05, 3.63) is 47.5 Å². The summed E-state index contributed by atoms with van der Waals surface area (Å²) in [6, 6.07) is 10.5. The predicted molar refractivity (Wildman–Crippen MR) is 66.1 cm³/mol. The molecule has 2 nitrogen and oxygen atoms in total. The average molecular weight is 217 g/mol. The minimum atomic E-state index is -0.307. The molecule has 1 aliphatic rings. The van der Waals surface area contributed by atoms with Gasteiger partial charge in [-0.2, -0.15) is 0 Å². The molecular weight excluding hydrogens is 198 g/mol. The molecular formula is C14H19NO. The van der Waals surface area contributed by atoms with Gasteiger partial charge in [0.25, 0.3) is 0 Å². The molecule has 1 aromatic carbocycles. The standard InChI is InChI=1S/C14H19NO/c1-12(16)14-8-5-9-15(11-14)10-13-6-3-2-4-7-13/h2-4,6-8,12,16H,5,9-11H2,1H3/t12-/m0/s1. The summed E-state index contributed by atoms with van der Waals surface area (Å²) in [4.78, 5) is 2.39. The van der Waals surface area contributed by atoms with Crippen LogP contribution in [0.25, 0.3) is 0 Å². The number of nitrogens with zero attached hydrogens (tertiary/aromatic N) is 1. The monoisotopic (exact) mass is 217 g/mol. The first-order chi connectivity index (χ1) is 7.75. The molecule has 1 aliphatic heterocycles. The largest absolute Gasteiger partial charge is 0.389 e. The molecule has 1 N–H and O–H groups in total. The van der Waals surface area contributed by atoms with Crippen LogP contribution in [0.15, 0.2) is 42.0 Å². The fourth-order valence-corrected chi connectivity index (χ4v) is 2.11. The summed E-state index contributed by atoms with van der Waals surface area (Å²) in [6.45, 7) is 4.81. The molecule has 0 spiro atoms. The summed E-state index contributed by atoms with van der Waals surface area (Å²) in [5.74, 6) is 0. The van der Waals surface area contributed by atoms with Gasteiger partial charge in [-0.3, -0.25) is 4.90 Å². The maximum Gasteiger partial charge on any atom is 0.0734 e. The molecule has 2 rings (SSSR count). The lowest BCUT2D eigenvalue weighted by molar-refractivity contribution is 0.197. The van der Waals surface area contributed by atoms with Crippen LogP contribution in [-0.2, 0) is 6.54 Å². The van der Waals surface area contributed by atoms with Crippen LogP contribution in [0.2, 0.25) is 0 Å². The average Bonchev–Trinajstić information content (AvgIpc) is 2.30. The molecule has 0 amide bonds. The Bertz CT molecular complexity index is 356. The van der Waals surface area contributed by atoms with Crippen LogP contribution in [0.4, 0.5) is 0 Å². The number of benzene rings is 1. The second-order valence-corrected chi connectivity index (χ2v) is 4.44. The SMILES string of the molecule is C[C@H](O)C1=CCCN(Cc2ccccc2)C1. The first-order valence-corrected chi connectivity index (χ1v) is 5.89. The third-order valence-corrected chi connectivity index (χ3v) is 3.04. The lowest BCUT2D eigenvalue weighted by atomic mass is 10.0. The van der Waals surface area contributed by atoms with E-state index in [2.05, 4.69) is 35.2 Å². The van der Waals surface area contributed by atoms with E-state index in [9.17, 15) is 5.11 Å². The summed E-state index contributed by atoms with van der Waals surface area (Å²) in [6.07, 6.45) is 2.91. The van der Waals surface area contributed by atoms with Crippen LogP contribution in [-0.4, -0.2) is 29.2 Å². The summed E-state index contributed by atoms with van der Waals surface area (Å²) in [5, 5.41) is 9.57. The summed E-state index contributed by atoms with van der Waals surface area (Å²) in [7, 11) is 0. The topological polar surface area (TPSA) is 23.5 Å². The molecule has 0 fully saturated rings. The number of hydrogen-bond donors (Lipinski definition) is 1. The van der Waals surface area contributed by atoms with Gasteiger partial charge < -0.3 is 5.11 Å². The Balaban J connectivity index is 1.95. The first kappa shape index (κ1) is 11.4. The van der Waals surface area contributed by atoms with Crippen molar-refractivity contribution in [2.45, 2.75) is 26.0 Å². The molecule has 86 valence electrons. The Morgan fingerprint density at radius 3 is 2.75 bits per heavy atom. The van der Waals surface area contributed by atoms with Gasteiger partial charge in [0, 0.05) is 19.6 Å². The van der Waals surface area contributed by atoms with Crippen LogP contribution in [0.5, 0.6) is 0 Å². The molecule has 1 atom stereocenters. The highest BCUT2D eigenvalue weighted by Gasteiger charge is 2.15. The highest BCUT2D eigenvalue weighted by molar-refractivity contribution is 5.17. The molecule has 0 aliphatic carbocycles. The normalized spacial score (nSPS) is 19.2. The van der Waals surface area contributed by atoms with E-state index >= 15 is 0 Å². The van der Waals surface area contributed by atoms with Crippen molar-refractivity contribution in [1.29, 1.82) is 0 Å². The molecule has 0 saturated heterocycles. The van der Waals surface area contributed by atoms with E-state index in [0.29, 0.717) is 0 Å². The number of rotatable bonds is 3. The van der Waals surface area contributed by atoms with E-state index in [4.69, 9.17) is 0 Å². The van der Waals surface area contributed by atoms with E-state index in [-0.39, 0.29) is 6.10 Å². The minimum Gasteiger partial charge on any atom is -0.389 e. The predicted octanol–water partition coefficient (Wildman–Crippen LogP) is 2.20. The van der Waals surface area contributed by atoms with Crippen LogP contribution in [0, 0.1) is 0 Å². The molecule has 0 unspecified atom stereocenters. The van der Waals surface area contributed by atoms with Crippen molar-refractivity contribution in [3.8, 4) is 0 Å². The number of aliphatic hydroxyl groups is 1. The summed E-state index contributed by atoms with van der Waals surface area (Å²) in [5.41, 5.74) is 2.50. The van der Waals surface area contributed by atoms with Crippen LogP contribution in [0.3, 0.4) is 0 Å². The minimum absolute atomic E-state index is 0.307. The zero-order valence-corrected chi connectivity index (χ0v) is 9.76. The van der Waals surface area contributed by atoms with E-state index in [0.717, 1.165) is 31.6 Å². The highest BCUT2D eigenvalue weighted by Crippen LogP contribution is 2.15. The number of aliphatic hydroxyl groups excluding tert-OH is 1. The van der Waals surface area contributed by atoms with Crippen molar-refractivity contribution < 1.29 is 5.11 Å². The third-order valence-electron chi connectivity index (χ3n) is 3.04. The third kappa shape index (κ3) is 2.94. The van der Waals surface area contributed by atoms with Crippen molar-refractivity contribution in [2.24, 2.45) is 0 Å². The molecule has 1 heterocycles. The maximum absolute atomic E-state index is 9.57. The quantitative estimate of drug-likeness (QED) is 0.785. The first-order valence-electron chi connectivity index (χ1n) is 5.89. The Morgan fingerprint density at radius 1 is 1.31 bits per heavy atom. The van der Waals surface area contributed by atoms with Crippen LogP contribution in [0.1, 0.15) is 18.9 Å². The van der Waals surface area contributed by atoms with Crippen molar-refractivity contribution in [2.75, 3.05) is 13.1 Å². The molecule has 2 heteroatoms. The van der Waals surface area contributed by atoms with Gasteiger partial charge in [0.1, 0.15) is 0 Å². The molecule has 0 radical (unpaired) electrons. The Hall–Kier alpha value is -1.12. The molecule has 16 heavy (non-hydrogen) atoms. The van der Waals surface area contributed by atoms with Gasteiger partial charge in [0.2, 0.25) is 0 Å². The molecule has 1 aromatic rings. The van der Waals surface area contributed by atoms with Crippen molar-refractivity contribution >= 4 is 0 Å².